The first-order chi connectivity index (χ1) is 7.46. The van der Waals surface area contributed by atoms with Crippen LogP contribution in [0.15, 0.2) is 24.3 Å². The van der Waals surface area contributed by atoms with Gasteiger partial charge in [-0.15, -0.1) is 0 Å². The van der Waals surface area contributed by atoms with Crippen molar-refractivity contribution in [2.75, 3.05) is 11.0 Å². The van der Waals surface area contributed by atoms with Gasteiger partial charge in [0.2, 0.25) is 10.0 Å². The van der Waals surface area contributed by atoms with Gasteiger partial charge >= 0.3 is 0 Å². The van der Waals surface area contributed by atoms with Gasteiger partial charge in [0.05, 0.1) is 15.1 Å². The van der Waals surface area contributed by atoms with Crippen LogP contribution in [0.2, 0.25) is 12.1 Å². The quantitative estimate of drug-likeness (QED) is 0.813. The number of hydrogen-bond donors (Lipinski definition) is 1. The molecule has 5 heteroatoms. The summed E-state index contributed by atoms with van der Waals surface area (Å²) < 4.78 is 24.5. The van der Waals surface area contributed by atoms with E-state index in [2.05, 4.69) is 30.7 Å². The van der Waals surface area contributed by atoms with E-state index in [1.54, 1.807) is 0 Å². The van der Waals surface area contributed by atoms with Crippen LogP contribution in [-0.4, -0.2) is 23.5 Å². The highest BCUT2D eigenvalue weighted by Crippen LogP contribution is 2.08. The zero-order valence-electron chi connectivity index (χ0n) is 10.0. The Morgan fingerprint density at radius 3 is 2.00 bits per heavy atom. The molecule has 0 atom stereocenters. The number of sulfonamides is 1. The second kappa shape index (κ2) is 5.50. The molecule has 1 N–H and O–H groups in total. The minimum absolute atomic E-state index is 0.645. The van der Waals surface area contributed by atoms with Gasteiger partial charge in [-0.3, -0.25) is 4.72 Å². The van der Waals surface area contributed by atoms with Crippen LogP contribution in [0, 0.1) is 0 Å². The Kier molecular flexibility index (Phi) is 4.55. The van der Waals surface area contributed by atoms with Crippen LogP contribution in [-0.2, 0) is 10.0 Å². The molecule has 0 aliphatic heterocycles. The third-order valence-electron chi connectivity index (χ3n) is 2.67. The van der Waals surface area contributed by atoms with Gasteiger partial charge in [-0.05, 0) is 12.1 Å². The Bertz CT molecular complexity index is 424. The van der Waals surface area contributed by atoms with E-state index in [1.807, 2.05) is 12.1 Å². The molecule has 0 amide bonds. The first-order valence-electron chi connectivity index (χ1n) is 5.54. The lowest BCUT2D eigenvalue weighted by molar-refractivity contribution is 0.607. The van der Waals surface area contributed by atoms with Crippen molar-refractivity contribution in [3.8, 4) is 0 Å². The van der Waals surface area contributed by atoms with Gasteiger partial charge in [0.1, 0.15) is 0 Å². The first kappa shape index (κ1) is 13.3. The van der Waals surface area contributed by atoms with Crippen molar-refractivity contribution in [2.45, 2.75) is 25.9 Å². The molecule has 3 nitrogen and oxygen atoms in total. The third kappa shape index (κ3) is 3.98. The molecule has 0 saturated heterocycles. The Hall–Kier alpha value is -0.813. The molecule has 0 fully saturated rings. The molecule has 0 aromatic heterocycles. The van der Waals surface area contributed by atoms with Crippen molar-refractivity contribution in [3.05, 3.63) is 24.3 Å². The number of benzene rings is 1. The van der Waals surface area contributed by atoms with Crippen LogP contribution < -0.4 is 9.91 Å². The maximum absolute atomic E-state index is 11.0. The highest BCUT2D eigenvalue weighted by atomic mass is 32.2. The molecule has 1 aromatic carbocycles. The van der Waals surface area contributed by atoms with Crippen molar-refractivity contribution in [1.29, 1.82) is 0 Å². The number of rotatable bonds is 5. The number of hydrogen-bond acceptors (Lipinski definition) is 2. The molecule has 1 aromatic rings. The smallest absolute Gasteiger partial charge is 0.229 e. The van der Waals surface area contributed by atoms with Gasteiger partial charge in [-0.2, -0.15) is 0 Å². The third-order valence-corrected chi connectivity index (χ3v) is 6.58. The summed E-state index contributed by atoms with van der Waals surface area (Å²) in [5.41, 5.74) is 0.645. The maximum Gasteiger partial charge on any atom is 0.229 e. The molecule has 0 heterocycles. The second-order valence-electron chi connectivity index (χ2n) is 4.01. The predicted molar refractivity (Wildman–Crippen MR) is 72.7 cm³/mol. The van der Waals surface area contributed by atoms with Gasteiger partial charge in [-0.1, -0.05) is 43.3 Å². The summed E-state index contributed by atoms with van der Waals surface area (Å²) in [6.45, 7) is 4.45. The fraction of sp³-hybridized carbons (Fsp3) is 0.455. The van der Waals surface area contributed by atoms with Gasteiger partial charge in [0.15, 0.2) is 0 Å². The summed E-state index contributed by atoms with van der Waals surface area (Å²) in [6.07, 6.45) is 1.16. The molecule has 1 rings (SSSR count). The van der Waals surface area contributed by atoms with Crippen molar-refractivity contribution in [2.24, 2.45) is 0 Å². The monoisotopic (exact) mass is 257 g/mol. The Morgan fingerprint density at radius 1 is 1.12 bits per heavy atom. The SMILES string of the molecule is CC[SiH](CC)c1ccc(NS(C)(=O)=O)cc1. The molecule has 0 aliphatic rings. The highest BCUT2D eigenvalue weighted by molar-refractivity contribution is 7.92. The molecule has 90 valence electrons. The Balaban J connectivity index is 2.82. The van der Waals surface area contributed by atoms with Gasteiger partial charge in [0, 0.05) is 5.69 Å². The fourth-order valence-corrected chi connectivity index (χ4v) is 4.62. The van der Waals surface area contributed by atoms with E-state index in [4.69, 9.17) is 0 Å². The van der Waals surface area contributed by atoms with Gasteiger partial charge in [0.25, 0.3) is 0 Å². The van der Waals surface area contributed by atoms with E-state index >= 15 is 0 Å². The van der Waals surface area contributed by atoms with Crippen molar-refractivity contribution >= 4 is 29.7 Å². The zero-order chi connectivity index (χ0) is 12.2. The molecule has 0 spiro atoms. The minimum Gasteiger partial charge on any atom is -0.284 e. The summed E-state index contributed by atoms with van der Waals surface area (Å²) in [7, 11) is -3.96. The number of nitrogens with one attached hydrogen (secondary N) is 1. The molecule has 0 bridgehead atoms. The van der Waals surface area contributed by atoms with E-state index in [1.165, 1.54) is 17.3 Å². The van der Waals surface area contributed by atoms with Crippen molar-refractivity contribution in [3.63, 3.8) is 0 Å². The number of anilines is 1. The lowest BCUT2D eigenvalue weighted by Gasteiger charge is -2.11. The molecular weight excluding hydrogens is 238 g/mol. The molecule has 16 heavy (non-hydrogen) atoms. The predicted octanol–water partition coefficient (Wildman–Crippen LogP) is 1.53. The van der Waals surface area contributed by atoms with Crippen LogP contribution in [0.25, 0.3) is 0 Å². The van der Waals surface area contributed by atoms with Crippen molar-refractivity contribution in [1.82, 2.24) is 0 Å². The lowest BCUT2D eigenvalue weighted by atomic mass is 10.3. The van der Waals surface area contributed by atoms with Crippen LogP contribution in [0.3, 0.4) is 0 Å². The maximum atomic E-state index is 11.0. The average Bonchev–Trinajstić information content (AvgIpc) is 2.20. The van der Waals surface area contributed by atoms with E-state index < -0.39 is 18.8 Å². The van der Waals surface area contributed by atoms with E-state index in [-0.39, 0.29) is 0 Å². The van der Waals surface area contributed by atoms with Crippen molar-refractivity contribution < 1.29 is 8.42 Å². The summed E-state index contributed by atoms with van der Waals surface area (Å²) in [4.78, 5) is 0. The summed E-state index contributed by atoms with van der Waals surface area (Å²) in [5, 5.41) is 1.41. The molecular formula is C11H19NO2SSi. The van der Waals surface area contributed by atoms with E-state index in [0.717, 1.165) is 6.26 Å². The largest absolute Gasteiger partial charge is 0.284 e. The molecule has 0 saturated carbocycles. The summed E-state index contributed by atoms with van der Waals surface area (Å²) in [5.74, 6) is 0. The zero-order valence-corrected chi connectivity index (χ0v) is 12.0. The van der Waals surface area contributed by atoms with E-state index in [9.17, 15) is 8.42 Å². The van der Waals surface area contributed by atoms with E-state index in [0.29, 0.717) is 5.69 Å². The topological polar surface area (TPSA) is 46.2 Å². The first-order valence-corrected chi connectivity index (χ1v) is 9.64. The summed E-state index contributed by atoms with van der Waals surface area (Å²) >= 11 is 0. The van der Waals surface area contributed by atoms with Crippen LogP contribution in [0.1, 0.15) is 13.8 Å². The van der Waals surface area contributed by atoms with Gasteiger partial charge < -0.3 is 0 Å². The fourth-order valence-electron chi connectivity index (χ4n) is 1.80. The van der Waals surface area contributed by atoms with Crippen LogP contribution >= 0.6 is 0 Å². The second-order valence-corrected chi connectivity index (χ2v) is 9.45. The Morgan fingerprint density at radius 2 is 1.62 bits per heavy atom. The minimum atomic E-state index is -3.16. The lowest BCUT2D eigenvalue weighted by Crippen LogP contribution is -2.27. The molecule has 0 aliphatic carbocycles. The van der Waals surface area contributed by atoms with Crippen LogP contribution in [0.5, 0.6) is 0 Å². The summed E-state index contributed by atoms with van der Waals surface area (Å²) in [6, 6.07) is 10.3. The molecule has 0 unspecified atom stereocenters. The normalized spacial score (nSPS) is 11.8. The average molecular weight is 257 g/mol. The van der Waals surface area contributed by atoms with Crippen LogP contribution in [0.4, 0.5) is 5.69 Å². The highest BCUT2D eigenvalue weighted by Gasteiger charge is 2.08. The molecule has 0 radical (unpaired) electrons. The Labute approximate surface area is 99.5 Å². The van der Waals surface area contributed by atoms with Gasteiger partial charge in [-0.25, -0.2) is 8.42 Å². The standard InChI is InChI=1S/C11H19NO2SSi/c1-4-16(5-2)11-8-6-10(7-9-11)12-15(3,13)14/h6-9,12,16H,4-5H2,1-3H3.